The van der Waals surface area contributed by atoms with Gasteiger partial charge in [-0.25, -0.2) is 4.39 Å². The van der Waals surface area contributed by atoms with E-state index in [2.05, 4.69) is 11.9 Å². The topological polar surface area (TPSA) is 15.3 Å². The Hall–Kier alpha value is -0.820. The van der Waals surface area contributed by atoms with E-state index in [4.69, 9.17) is 0 Å². The molecule has 0 spiro atoms. The van der Waals surface area contributed by atoms with Crippen LogP contribution in [0.25, 0.3) is 0 Å². The molecule has 0 aromatic heterocycles. The van der Waals surface area contributed by atoms with Crippen LogP contribution in [0.2, 0.25) is 0 Å². The zero-order valence-electron chi connectivity index (χ0n) is 12.4. The lowest BCUT2D eigenvalue weighted by atomic mass is 9.95. The Morgan fingerprint density at radius 2 is 1.83 bits per heavy atom. The minimum absolute atomic E-state index is 0. The third-order valence-electron chi connectivity index (χ3n) is 3.66. The maximum absolute atomic E-state index is 13.5. The molecular weight excluding hydrogens is 355 g/mol. The predicted molar refractivity (Wildman–Crippen MR) is 87.9 cm³/mol. The first kappa shape index (κ1) is 22.2. The van der Waals surface area contributed by atoms with E-state index < -0.39 is 23.6 Å². The van der Waals surface area contributed by atoms with Gasteiger partial charge in [0.25, 0.3) is 0 Å². The fraction of sp³-hybridized carbons (Fsp3) is 0.467. The van der Waals surface area contributed by atoms with Gasteiger partial charge in [0.2, 0.25) is 0 Å². The zero-order chi connectivity index (χ0) is 15.5. The lowest BCUT2D eigenvalue weighted by Crippen LogP contribution is -2.45. The number of nitrogens with zero attached hydrogens (tertiary/aromatic N) is 1. The molecule has 2 rings (SSSR count). The highest BCUT2D eigenvalue weighted by Crippen LogP contribution is 2.38. The van der Waals surface area contributed by atoms with Crippen LogP contribution in [-0.4, -0.2) is 31.1 Å². The summed E-state index contributed by atoms with van der Waals surface area (Å²) in [6.07, 6.45) is -2.55. The molecule has 1 atom stereocenters. The Morgan fingerprint density at radius 3 is 2.35 bits per heavy atom. The molecule has 1 aliphatic heterocycles. The van der Waals surface area contributed by atoms with Gasteiger partial charge in [-0.2, -0.15) is 13.2 Å². The molecule has 0 amide bonds. The van der Waals surface area contributed by atoms with Crippen LogP contribution in [-0.2, 0) is 6.18 Å². The van der Waals surface area contributed by atoms with Crippen molar-refractivity contribution in [1.82, 2.24) is 10.2 Å². The van der Waals surface area contributed by atoms with Gasteiger partial charge in [0.1, 0.15) is 5.82 Å². The molecule has 1 aromatic carbocycles. The molecule has 1 saturated heterocycles. The van der Waals surface area contributed by atoms with Crippen molar-refractivity contribution < 1.29 is 17.6 Å². The van der Waals surface area contributed by atoms with E-state index in [9.17, 15) is 17.6 Å². The Bertz CT molecular complexity index is 503. The first-order valence-corrected chi connectivity index (χ1v) is 6.86. The molecule has 1 heterocycles. The first-order chi connectivity index (χ1) is 9.93. The molecule has 2 nitrogen and oxygen atoms in total. The number of alkyl halides is 3. The lowest BCUT2D eigenvalue weighted by Gasteiger charge is -2.35. The van der Waals surface area contributed by atoms with Gasteiger partial charge in [0.15, 0.2) is 0 Å². The fourth-order valence-electron chi connectivity index (χ4n) is 2.69. The number of hydrogen-bond donors (Lipinski definition) is 1. The molecule has 23 heavy (non-hydrogen) atoms. The van der Waals surface area contributed by atoms with Crippen molar-refractivity contribution in [3.8, 4) is 0 Å². The third kappa shape index (κ3) is 5.64. The monoisotopic (exact) mass is 374 g/mol. The summed E-state index contributed by atoms with van der Waals surface area (Å²) in [5.41, 5.74) is -0.779. The molecule has 0 radical (unpaired) electrons. The Kier molecular flexibility index (Phi) is 9.13. The van der Waals surface area contributed by atoms with Crippen molar-refractivity contribution in [2.24, 2.45) is 0 Å². The highest BCUT2D eigenvalue weighted by Gasteiger charge is 2.36. The summed E-state index contributed by atoms with van der Waals surface area (Å²) in [6, 6.07) is 2.17. The molecule has 0 aliphatic carbocycles. The van der Waals surface area contributed by atoms with Crippen LogP contribution in [0.3, 0.4) is 0 Å². The molecule has 0 saturated carbocycles. The van der Waals surface area contributed by atoms with Gasteiger partial charge in [0.05, 0.1) is 5.56 Å². The molecule has 0 unspecified atom stereocenters. The van der Waals surface area contributed by atoms with E-state index in [1.165, 1.54) is 0 Å². The summed E-state index contributed by atoms with van der Waals surface area (Å²) in [4.78, 5) is 1.95. The second-order valence-electron chi connectivity index (χ2n) is 5.06. The van der Waals surface area contributed by atoms with Crippen LogP contribution in [0.1, 0.15) is 23.6 Å². The van der Waals surface area contributed by atoms with E-state index in [1.54, 1.807) is 6.08 Å². The van der Waals surface area contributed by atoms with Gasteiger partial charge in [-0.05, 0) is 30.2 Å². The average Bonchev–Trinajstić information content (AvgIpc) is 2.44. The standard InChI is InChI=1S/C15H18F4N2.2ClH/c1-2-3-14(21-8-6-20-7-9-21)12-10-11(16)4-5-13(12)15(17,18)19;;/h2,4-5,10,14,20H,1,3,6-9H2;2*1H/t14-;;/m0../s1. The molecule has 0 bridgehead atoms. The van der Waals surface area contributed by atoms with E-state index in [0.717, 1.165) is 18.2 Å². The number of piperazine rings is 1. The molecule has 1 aromatic rings. The molecule has 1 fully saturated rings. The van der Waals surface area contributed by atoms with Crippen molar-refractivity contribution in [3.63, 3.8) is 0 Å². The summed E-state index contributed by atoms with van der Waals surface area (Å²) in [5.74, 6) is -0.651. The largest absolute Gasteiger partial charge is 0.416 e. The maximum atomic E-state index is 13.5. The van der Waals surface area contributed by atoms with Crippen LogP contribution in [0, 0.1) is 5.82 Å². The highest BCUT2D eigenvalue weighted by molar-refractivity contribution is 5.85. The van der Waals surface area contributed by atoms with Gasteiger partial charge >= 0.3 is 6.18 Å². The summed E-state index contributed by atoms with van der Waals surface area (Å²) in [5, 5.41) is 3.16. The summed E-state index contributed by atoms with van der Waals surface area (Å²) in [7, 11) is 0. The van der Waals surface area contributed by atoms with Crippen molar-refractivity contribution in [3.05, 3.63) is 47.8 Å². The average molecular weight is 375 g/mol. The number of hydrogen-bond acceptors (Lipinski definition) is 2. The molecule has 1 N–H and O–H groups in total. The fourth-order valence-corrected chi connectivity index (χ4v) is 2.69. The van der Waals surface area contributed by atoms with E-state index in [1.807, 2.05) is 4.90 Å². The van der Waals surface area contributed by atoms with E-state index in [-0.39, 0.29) is 30.4 Å². The second-order valence-corrected chi connectivity index (χ2v) is 5.06. The van der Waals surface area contributed by atoms with Crippen molar-refractivity contribution in [2.75, 3.05) is 26.2 Å². The maximum Gasteiger partial charge on any atom is 0.416 e. The van der Waals surface area contributed by atoms with Crippen LogP contribution < -0.4 is 5.32 Å². The molecule has 132 valence electrons. The number of nitrogens with one attached hydrogen (secondary N) is 1. The Morgan fingerprint density at radius 1 is 1.22 bits per heavy atom. The second kappa shape index (κ2) is 9.47. The van der Waals surface area contributed by atoms with Crippen LogP contribution in [0.4, 0.5) is 17.6 Å². The molecular formula is C15H20Cl2F4N2. The van der Waals surface area contributed by atoms with Crippen LogP contribution in [0.15, 0.2) is 30.9 Å². The lowest BCUT2D eigenvalue weighted by molar-refractivity contribution is -0.138. The SMILES string of the molecule is C=CC[C@@H](c1cc(F)ccc1C(F)(F)F)N1CCNCC1.Cl.Cl. The Balaban J connectivity index is 0.00000242. The van der Waals surface area contributed by atoms with E-state index >= 15 is 0 Å². The molecule has 1 aliphatic rings. The third-order valence-corrected chi connectivity index (χ3v) is 3.66. The smallest absolute Gasteiger partial charge is 0.314 e. The summed E-state index contributed by atoms with van der Waals surface area (Å²) >= 11 is 0. The van der Waals surface area contributed by atoms with Crippen molar-refractivity contribution in [1.29, 1.82) is 0 Å². The quantitative estimate of drug-likeness (QED) is 0.627. The number of benzene rings is 1. The minimum atomic E-state index is -4.49. The van der Waals surface area contributed by atoms with Crippen molar-refractivity contribution in [2.45, 2.75) is 18.6 Å². The number of rotatable bonds is 4. The van der Waals surface area contributed by atoms with Gasteiger partial charge in [-0.15, -0.1) is 31.4 Å². The van der Waals surface area contributed by atoms with Crippen LogP contribution in [0.5, 0.6) is 0 Å². The van der Waals surface area contributed by atoms with Crippen molar-refractivity contribution >= 4 is 24.8 Å². The number of halogens is 6. The van der Waals surface area contributed by atoms with Gasteiger partial charge in [-0.1, -0.05) is 6.08 Å². The summed E-state index contributed by atoms with van der Waals surface area (Å²) < 4.78 is 53.0. The van der Waals surface area contributed by atoms with E-state index in [0.29, 0.717) is 32.6 Å². The van der Waals surface area contributed by atoms with Gasteiger partial charge in [-0.3, -0.25) is 4.90 Å². The highest BCUT2D eigenvalue weighted by atomic mass is 35.5. The Labute approximate surface area is 145 Å². The summed E-state index contributed by atoms with van der Waals surface area (Å²) in [6.45, 7) is 6.31. The van der Waals surface area contributed by atoms with Gasteiger partial charge < -0.3 is 5.32 Å². The first-order valence-electron chi connectivity index (χ1n) is 6.86. The van der Waals surface area contributed by atoms with Crippen LogP contribution >= 0.6 is 24.8 Å². The zero-order valence-corrected chi connectivity index (χ0v) is 14.0. The van der Waals surface area contributed by atoms with Gasteiger partial charge in [0, 0.05) is 32.2 Å². The normalized spacial score (nSPS) is 16.9. The predicted octanol–water partition coefficient (Wildman–Crippen LogP) is 4.21. The minimum Gasteiger partial charge on any atom is -0.314 e. The molecule has 8 heteroatoms.